The summed E-state index contributed by atoms with van der Waals surface area (Å²) in [7, 11) is 1.72. The third-order valence-corrected chi connectivity index (χ3v) is 1.79. The molecule has 0 aliphatic carbocycles. The monoisotopic (exact) mass is 277 g/mol. The predicted octanol–water partition coefficient (Wildman–Crippen LogP) is 3.85. The Hall–Kier alpha value is -0.190. The van der Waals surface area contributed by atoms with Crippen LogP contribution in [0.5, 0.6) is 5.75 Å². The maximum atomic E-state index is 5.24. The van der Waals surface area contributed by atoms with Crippen LogP contribution in [0.3, 0.4) is 0 Å². The van der Waals surface area contributed by atoms with Crippen LogP contribution in [0.15, 0.2) is 22.7 Å². The molecule has 80 valence electrons. The first-order valence-corrected chi connectivity index (χ1v) is 5.65. The van der Waals surface area contributed by atoms with E-state index in [1.165, 1.54) is 4.47 Å². The van der Waals surface area contributed by atoms with Gasteiger partial charge in [-0.1, -0.05) is 47.1 Å². The number of hydrogen-bond donors (Lipinski definition) is 1. The van der Waals surface area contributed by atoms with E-state index in [0.717, 1.165) is 15.8 Å². The molecule has 1 aromatic carbocycles. The van der Waals surface area contributed by atoms with Gasteiger partial charge in [0, 0.05) is 11.5 Å². The minimum atomic E-state index is 0.777. The van der Waals surface area contributed by atoms with E-state index in [4.69, 9.17) is 4.84 Å². The molecule has 0 N–H and O–H groups in total. The SMILES string of the molecule is CC.Cc1cc(Br)cc(ON(C)S)c1. The first-order valence-electron chi connectivity index (χ1n) is 4.45. The molecule has 0 amide bonds. The average Bonchev–Trinajstić information content (AvgIpc) is 2.04. The second-order valence-electron chi connectivity index (χ2n) is 2.52. The molecule has 0 unspecified atom stereocenters. The second kappa shape index (κ2) is 7.15. The summed E-state index contributed by atoms with van der Waals surface area (Å²) in [6, 6.07) is 5.85. The summed E-state index contributed by atoms with van der Waals surface area (Å²) in [5.41, 5.74) is 1.15. The van der Waals surface area contributed by atoms with Gasteiger partial charge < -0.3 is 4.84 Å². The lowest BCUT2D eigenvalue weighted by molar-refractivity contribution is 0.0823. The molecule has 0 heterocycles. The van der Waals surface area contributed by atoms with Crippen LogP contribution >= 0.6 is 28.7 Å². The third kappa shape index (κ3) is 5.52. The van der Waals surface area contributed by atoms with Crippen LogP contribution in [-0.2, 0) is 0 Å². The molecule has 4 heteroatoms. The van der Waals surface area contributed by atoms with Crippen LogP contribution in [0.2, 0.25) is 0 Å². The van der Waals surface area contributed by atoms with Crippen molar-refractivity contribution in [1.82, 2.24) is 4.47 Å². The fourth-order valence-corrected chi connectivity index (χ4v) is 1.59. The minimum Gasteiger partial charge on any atom is -0.396 e. The maximum absolute atomic E-state index is 5.24. The lowest BCUT2D eigenvalue weighted by atomic mass is 10.2. The number of rotatable bonds is 2. The summed E-state index contributed by atoms with van der Waals surface area (Å²) in [5.74, 6) is 0.777. The number of aryl methyl sites for hydroxylation is 1. The van der Waals surface area contributed by atoms with Gasteiger partial charge in [0.1, 0.15) is 5.75 Å². The molecular weight excluding hydrogens is 262 g/mol. The number of hydrogen-bond acceptors (Lipinski definition) is 3. The topological polar surface area (TPSA) is 12.5 Å². The lowest BCUT2D eigenvalue weighted by Crippen LogP contribution is -2.09. The number of benzene rings is 1. The smallest absolute Gasteiger partial charge is 0.150 e. The summed E-state index contributed by atoms with van der Waals surface area (Å²) < 4.78 is 2.37. The molecule has 1 aromatic rings. The van der Waals surface area contributed by atoms with E-state index in [9.17, 15) is 0 Å². The zero-order valence-electron chi connectivity index (χ0n) is 8.91. The Bertz CT molecular complexity index is 259. The highest BCUT2D eigenvalue weighted by atomic mass is 79.9. The van der Waals surface area contributed by atoms with Gasteiger partial charge in [-0.25, -0.2) is 0 Å². The van der Waals surface area contributed by atoms with E-state index in [1.807, 2.05) is 39.0 Å². The standard InChI is InChI=1S/C8H10BrNOS.C2H6/c1-6-3-7(9)5-8(4-6)11-10(2)12;1-2/h3-5,12H,1-2H3;1-2H3. The van der Waals surface area contributed by atoms with Gasteiger partial charge in [0.2, 0.25) is 0 Å². The summed E-state index contributed by atoms with van der Waals surface area (Å²) in [5, 5.41) is 0. The minimum absolute atomic E-state index is 0.777. The zero-order chi connectivity index (χ0) is 11.1. The van der Waals surface area contributed by atoms with Crippen molar-refractivity contribution in [3.05, 3.63) is 28.2 Å². The normalized spacial score (nSPS) is 9.36. The Balaban J connectivity index is 0.000000791. The van der Waals surface area contributed by atoms with Gasteiger partial charge in [-0.05, 0) is 30.7 Å². The van der Waals surface area contributed by atoms with Crippen LogP contribution in [0.25, 0.3) is 0 Å². The van der Waals surface area contributed by atoms with Crippen molar-refractivity contribution in [1.29, 1.82) is 0 Å². The quantitative estimate of drug-likeness (QED) is 0.651. The van der Waals surface area contributed by atoms with Crippen molar-refractivity contribution in [2.75, 3.05) is 7.05 Å². The van der Waals surface area contributed by atoms with Gasteiger partial charge >= 0.3 is 0 Å². The number of thiol groups is 1. The number of hydroxylamine groups is 1. The van der Waals surface area contributed by atoms with Gasteiger partial charge in [0.05, 0.1) is 0 Å². The van der Waals surface area contributed by atoms with Crippen LogP contribution in [0.4, 0.5) is 0 Å². The third-order valence-electron chi connectivity index (χ3n) is 1.25. The van der Waals surface area contributed by atoms with Crippen molar-refractivity contribution < 1.29 is 4.84 Å². The molecule has 0 aromatic heterocycles. The van der Waals surface area contributed by atoms with E-state index in [1.54, 1.807) is 7.05 Å². The van der Waals surface area contributed by atoms with Gasteiger partial charge in [-0.2, -0.15) is 0 Å². The van der Waals surface area contributed by atoms with Crippen molar-refractivity contribution in [3.63, 3.8) is 0 Å². The number of nitrogens with zero attached hydrogens (tertiary/aromatic N) is 1. The number of halogens is 1. The molecule has 0 aliphatic heterocycles. The Morgan fingerprint density at radius 2 is 1.86 bits per heavy atom. The Morgan fingerprint density at radius 1 is 1.29 bits per heavy atom. The van der Waals surface area contributed by atoms with Crippen LogP contribution in [0.1, 0.15) is 19.4 Å². The van der Waals surface area contributed by atoms with Gasteiger partial charge in [0.25, 0.3) is 0 Å². The fourth-order valence-electron chi connectivity index (χ4n) is 0.908. The van der Waals surface area contributed by atoms with Gasteiger partial charge in [-0.15, -0.1) is 0 Å². The predicted molar refractivity (Wildman–Crippen MR) is 67.6 cm³/mol. The van der Waals surface area contributed by atoms with E-state index < -0.39 is 0 Å². The molecule has 0 radical (unpaired) electrons. The highest BCUT2D eigenvalue weighted by Crippen LogP contribution is 2.21. The molecule has 2 nitrogen and oxygen atoms in total. The Labute approximate surface area is 99.9 Å². The molecule has 0 fully saturated rings. The van der Waals surface area contributed by atoms with Gasteiger partial charge in [0.15, 0.2) is 0 Å². The molecule has 0 saturated carbocycles. The van der Waals surface area contributed by atoms with E-state index in [2.05, 4.69) is 28.7 Å². The maximum Gasteiger partial charge on any atom is 0.150 e. The van der Waals surface area contributed by atoms with Crippen molar-refractivity contribution in [3.8, 4) is 5.75 Å². The first kappa shape index (κ1) is 13.8. The summed E-state index contributed by atoms with van der Waals surface area (Å²) in [4.78, 5) is 5.24. The van der Waals surface area contributed by atoms with Crippen LogP contribution in [0, 0.1) is 6.92 Å². The molecule has 0 saturated heterocycles. The molecule has 0 bridgehead atoms. The largest absolute Gasteiger partial charge is 0.396 e. The molecule has 0 spiro atoms. The second-order valence-corrected chi connectivity index (χ2v) is 4.00. The van der Waals surface area contributed by atoms with Crippen LogP contribution in [-0.4, -0.2) is 11.5 Å². The van der Waals surface area contributed by atoms with Crippen molar-refractivity contribution in [2.45, 2.75) is 20.8 Å². The highest BCUT2D eigenvalue weighted by molar-refractivity contribution is 9.10. The van der Waals surface area contributed by atoms with Crippen molar-refractivity contribution in [2.24, 2.45) is 0 Å². The molecule has 1 rings (SSSR count). The molecule has 14 heavy (non-hydrogen) atoms. The molecular formula is C10H16BrNOS. The van der Waals surface area contributed by atoms with Crippen LogP contribution < -0.4 is 4.84 Å². The average molecular weight is 278 g/mol. The summed E-state index contributed by atoms with van der Waals surface area (Å²) in [6.45, 7) is 6.01. The Kier molecular flexibility index (Phi) is 7.05. The van der Waals surface area contributed by atoms with E-state index >= 15 is 0 Å². The first-order chi connectivity index (χ1) is 6.58. The van der Waals surface area contributed by atoms with E-state index in [-0.39, 0.29) is 0 Å². The zero-order valence-corrected chi connectivity index (χ0v) is 11.4. The molecule has 0 aliphatic rings. The van der Waals surface area contributed by atoms with Crippen molar-refractivity contribution >= 4 is 28.7 Å². The summed E-state index contributed by atoms with van der Waals surface area (Å²) in [6.07, 6.45) is 0. The van der Waals surface area contributed by atoms with E-state index in [0.29, 0.717) is 0 Å². The highest BCUT2D eigenvalue weighted by Gasteiger charge is 1.98. The Morgan fingerprint density at radius 3 is 2.29 bits per heavy atom. The fraction of sp³-hybridized carbons (Fsp3) is 0.400. The molecule has 0 atom stereocenters. The van der Waals surface area contributed by atoms with Gasteiger partial charge in [-0.3, -0.25) is 0 Å². The summed E-state index contributed by atoms with van der Waals surface area (Å²) >= 11 is 7.35. The lowest BCUT2D eigenvalue weighted by Gasteiger charge is -2.10.